The summed E-state index contributed by atoms with van der Waals surface area (Å²) in [5, 5.41) is 0. The third kappa shape index (κ3) is 13.6. The van der Waals surface area contributed by atoms with E-state index in [2.05, 4.69) is 30.6 Å². The Morgan fingerprint density at radius 1 is 0.795 bits per heavy atom. The summed E-state index contributed by atoms with van der Waals surface area (Å²) in [5.41, 5.74) is 1.05. The van der Waals surface area contributed by atoms with Gasteiger partial charge in [-0.3, -0.25) is 0 Å². The van der Waals surface area contributed by atoms with Crippen LogP contribution in [-0.4, -0.2) is 55.4 Å². The van der Waals surface area contributed by atoms with Gasteiger partial charge in [0, 0.05) is 0 Å². The molecule has 246 valence electrons. The van der Waals surface area contributed by atoms with Gasteiger partial charge in [-0.15, -0.1) is 0 Å². The van der Waals surface area contributed by atoms with Crippen molar-refractivity contribution in [3.8, 4) is 9.86 Å². The molecular formula is C36H57INO4SSn+. The third-order valence-corrected chi connectivity index (χ3v) is 26.9. The summed E-state index contributed by atoms with van der Waals surface area (Å²) in [7, 11) is -3.63. The molecule has 0 aliphatic carbocycles. The van der Waals surface area contributed by atoms with Crippen molar-refractivity contribution in [1.82, 2.24) is 2.52 Å². The Hall–Kier alpha value is -0.641. The first-order valence-corrected chi connectivity index (χ1v) is 27.8. The summed E-state index contributed by atoms with van der Waals surface area (Å²) < 4.78 is 50.9. The van der Waals surface area contributed by atoms with Gasteiger partial charge in [-0.05, 0) is 6.92 Å². The van der Waals surface area contributed by atoms with Crippen molar-refractivity contribution < 1.29 is 39.4 Å². The minimum atomic E-state index is -3.63. The Bertz CT molecular complexity index is 1190. The summed E-state index contributed by atoms with van der Waals surface area (Å²) in [4.78, 5) is 0.359. The van der Waals surface area contributed by atoms with Gasteiger partial charge in [-0.1, -0.05) is 0 Å². The Labute approximate surface area is 284 Å². The molecule has 0 saturated carbocycles. The average Bonchev–Trinajstić information content (AvgIpc) is 3.03. The normalized spacial score (nSPS) is 12.8. The first kappa shape index (κ1) is 39.5. The second kappa shape index (κ2) is 22.0. The molecule has 0 aliphatic rings. The number of benzene rings is 2. The van der Waals surface area contributed by atoms with E-state index in [9.17, 15) is 8.42 Å². The number of ether oxygens (including phenoxy) is 2. The Morgan fingerprint density at radius 3 is 1.84 bits per heavy atom. The zero-order chi connectivity index (χ0) is 32.3. The van der Waals surface area contributed by atoms with E-state index >= 15 is 0 Å². The van der Waals surface area contributed by atoms with Crippen LogP contribution in [0.1, 0.15) is 91.5 Å². The number of nitrogens with zero attached hydrogens (tertiary/aromatic N) is 1. The van der Waals surface area contributed by atoms with Crippen LogP contribution in [0.25, 0.3) is 0 Å². The summed E-state index contributed by atoms with van der Waals surface area (Å²) in [6.07, 6.45) is 8.54. The summed E-state index contributed by atoms with van der Waals surface area (Å²) in [5.74, 6) is 3.72. The van der Waals surface area contributed by atoms with Crippen LogP contribution in [0.4, 0.5) is 0 Å². The number of halogens is 1. The van der Waals surface area contributed by atoms with Crippen molar-refractivity contribution in [3.05, 3.63) is 63.7 Å². The van der Waals surface area contributed by atoms with Gasteiger partial charge in [0.1, 0.15) is 0 Å². The molecule has 0 radical (unpaired) electrons. The number of hydrogen-bond acceptors (Lipinski definition) is 4. The van der Waals surface area contributed by atoms with Crippen LogP contribution in [0.2, 0.25) is 13.3 Å². The van der Waals surface area contributed by atoms with Gasteiger partial charge in [0.25, 0.3) is 0 Å². The Kier molecular flexibility index (Phi) is 19.8. The average molecular weight is 846 g/mol. The Morgan fingerprint density at radius 2 is 1.34 bits per heavy atom. The molecule has 0 bridgehead atoms. The van der Waals surface area contributed by atoms with Crippen molar-refractivity contribution in [2.45, 2.75) is 117 Å². The van der Waals surface area contributed by atoms with Gasteiger partial charge < -0.3 is 0 Å². The van der Waals surface area contributed by atoms with Crippen molar-refractivity contribution in [2.75, 3.05) is 19.8 Å². The van der Waals surface area contributed by atoms with Gasteiger partial charge in [0.2, 0.25) is 0 Å². The minimum absolute atomic E-state index is 0.0743. The fourth-order valence-electron chi connectivity index (χ4n) is 5.29. The molecule has 1 atom stereocenters. The van der Waals surface area contributed by atoms with Crippen LogP contribution in [-0.2, 0) is 19.5 Å². The first-order valence-electron chi connectivity index (χ1n) is 16.8. The van der Waals surface area contributed by atoms with Crippen LogP contribution in [0.5, 0.6) is 0 Å². The van der Waals surface area contributed by atoms with E-state index in [-0.39, 0.29) is 5.92 Å². The quantitative estimate of drug-likeness (QED) is 0.0477. The predicted molar refractivity (Wildman–Crippen MR) is 183 cm³/mol. The molecule has 2 aromatic carbocycles. The van der Waals surface area contributed by atoms with Crippen molar-refractivity contribution in [3.63, 3.8) is 0 Å². The topological polar surface area (TPSA) is 55.8 Å². The van der Waals surface area contributed by atoms with Crippen LogP contribution >= 0.6 is 0 Å². The van der Waals surface area contributed by atoms with Crippen molar-refractivity contribution in [1.29, 1.82) is 0 Å². The summed E-state index contributed by atoms with van der Waals surface area (Å²) in [6, 6.07) is 17.2. The molecule has 0 saturated heterocycles. The maximum atomic E-state index is 13.9. The van der Waals surface area contributed by atoms with E-state index in [4.69, 9.17) is 9.47 Å². The monoisotopic (exact) mass is 846 g/mol. The molecule has 0 aliphatic heterocycles. The van der Waals surface area contributed by atoms with Gasteiger partial charge in [0.05, 0.1) is 0 Å². The molecule has 44 heavy (non-hydrogen) atoms. The Balaban J connectivity index is 2.40. The van der Waals surface area contributed by atoms with Gasteiger partial charge in [-0.2, -0.15) is 0 Å². The van der Waals surface area contributed by atoms with Crippen LogP contribution < -0.4 is 21.5 Å². The molecule has 0 heterocycles. The number of sulfonamides is 1. The molecule has 0 spiro atoms. The fraction of sp³-hybridized carbons (Fsp3) is 0.611. The van der Waals surface area contributed by atoms with E-state index in [0.717, 1.165) is 15.6 Å². The molecule has 0 amide bonds. The zero-order valence-corrected chi connectivity index (χ0v) is 33.9. The molecule has 2 rings (SSSR count). The van der Waals surface area contributed by atoms with Crippen LogP contribution in [0.15, 0.2) is 59.5 Å². The van der Waals surface area contributed by atoms with Crippen LogP contribution in [0.3, 0.4) is 0 Å². The van der Waals surface area contributed by atoms with Crippen molar-refractivity contribution in [2.24, 2.45) is 5.92 Å². The molecule has 2 aromatic rings. The number of unbranched alkanes of at least 4 members (excludes halogenated alkanes) is 3. The molecule has 0 N–H and O–H groups in total. The molecule has 0 fully saturated rings. The van der Waals surface area contributed by atoms with E-state index in [0.29, 0.717) is 31.1 Å². The second-order valence-corrected chi connectivity index (χ2v) is 29.3. The van der Waals surface area contributed by atoms with E-state index in [1.165, 1.54) is 51.8 Å². The molecular weight excluding hydrogens is 788 g/mol. The SMILES string of the molecule is CCC[CH2][Sn]([C]#CC(CCCN([I+]c1ccccc1)S(=O)(=O)c1ccc(C)cc1)C(OCC)OCC)([CH2]CCC)[CH2]CCC. The first-order chi connectivity index (χ1) is 21.2. The summed E-state index contributed by atoms with van der Waals surface area (Å²) in [6.45, 7) is 14.4. The predicted octanol–water partition coefficient (Wildman–Crippen LogP) is 6.05. The number of aryl methyl sites for hydroxylation is 1. The summed E-state index contributed by atoms with van der Waals surface area (Å²) >= 11 is -3.61. The zero-order valence-electron chi connectivity index (χ0n) is 28.1. The number of hydrogen-bond donors (Lipinski definition) is 0. The maximum absolute atomic E-state index is 13.9. The third-order valence-electron chi connectivity index (χ3n) is 7.89. The van der Waals surface area contributed by atoms with Gasteiger partial charge in [0.15, 0.2) is 0 Å². The van der Waals surface area contributed by atoms with E-state index in [1.807, 2.05) is 63.2 Å². The fourth-order valence-corrected chi connectivity index (χ4v) is 23.8. The molecule has 8 heteroatoms. The molecule has 0 aromatic heterocycles. The van der Waals surface area contributed by atoms with E-state index in [1.54, 1.807) is 14.7 Å². The number of rotatable bonds is 22. The molecule has 5 nitrogen and oxygen atoms in total. The van der Waals surface area contributed by atoms with Gasteiger partial charge in [-0.25, -0.2) is 0 Å². The van der Waals surface area contributed by atoms with Crippen molar-refractivity contribution >= 4 is 28.4 Å². The standard InChI is InChI=1S/C24H30INO4S.3C4H9.Sn/c1-5-21(24(29-6-2)30-7-3)12-11-19-26(25-22-13-9-8-10-14-22)31(27,28)23-17-15-20(4)16-18-23;3*1-3-4-2;/h8-10,13-18,21,24H,6-7,11-12,19H2,2-4H3;3*1,3-4H2,2H3;/q+1;;;;. The van der Waals surface area contributed by atoms with Crippen LogP contribution in [0, 0.1) is 26.3 Å². The second-order valence-electron chi connectivity index (χ2n) is 11.6. The molecule has 1 unspecified atom stereocenters. The van der Waals surface area contributed by atoms with E-state index < -0.39 is 56.2 Å². The van der Waals surface area contributed by atoms with Gasteiger partial charge >= 0.3 is 280 Å².